The minimum Gasteiger partial charge on any atom is -0.472 e. The third kappa shape index (κ3) is 2.00. The van der Waals surface area contributed by atoms with Crippen molar-refractivity contribution in [1.82, 2.24) is 4.98 Å². The summed E-state index contributed by atoms with van der Waals surface area (Å²) in [5.41, 5.74) is 1.56. The maximum Gasteiger partial charge on any atom is 0.214 e. The number of hydrogen-bond donors (Lipinski definition) is 1. The van der Waals surface area contributed by atoms with Crippen LogP contribution in [0.1, 0.15) is 25.0 Å². The molecule has 90 valence electrons. The Hall–Kier alpha value is -1.55. The van der Waals surface area contributed by atoms with E-state index in [9.17, 15) is 5.11 Å². The molecule has 0 saturated heterocycles. The summed E-state index contributed by atoms with van der Waals surface area (Å²) < 4.78 is 11.1. The van der Waals surface area contributed by atoms with Gasteiger partial charge in [-0.05, 0) is 32.3 Å². The Morgan fingerprint density at radius 2 is 2.29 bits per heavy atom. The fourth-order valence-electron chi connectivity index (χ4n) is 2.29. The molecule has 2 unspecified atom stereocenters. The van der Waals surface area contributed by atoms with Gasteiger partial charge in [-0.2, -0.15) is 0 Å². The number of aryl methyl sites for hydroxylation is 1. The van der Waals surface area contributed by atoms with E-state index in [2.05, 4.69) is 4.98 Å². The molecule has 0 bridgehead atoms. The maximum atomic E-state index is 9.70. The molecule has 4 heteroatoms. The fourth-order valence-corrected chi connectivity index (χ4v) is 2.29. The molecule has 1 fully saturated rings. The van der Waals surface area contributed by atoms with Gasteiger partial charge in [0.15, 0.2) is 5.58 Å². The number of aliphatic hydroxyl groups is 1. The molecular formula is C13H15NO3. The van der Waals surface area contributed by atoms with Gasteiger partial charge in [0.2, 0.25) is 5.88 Å². The van der Waals surface area contributed by atoms with Crippen molar-refractivity contribution in [3.8, 4) is 5.88 Å². The van der Waals surface area contributed by atoms with E-state index in [4.69, 9.17) is 9.15 Å². The van der Waals surface area contributed by atoms with E-state index in [-0.39, 0.29) is 12.2 Å². The Labute approximate surface area is 99.2 Å². The average molecular weight is 233 g/mol. The van der Waals surface area contributed by atoms with Gasteiger partial charge in [-0.3, -0.25) is 0 Å². The molecule has 2 aromatic rings. The molecule has 1 N–H and O–H groups in total. The van der Waals surface area contributed by atoms with Crippen LogP contribution in [0.15, 0.2) is 22.6 Å². The first-order valence-electron chi connectivity index (χ1n) is 5.94. The van der Waals surface area contributed by atoms with Gasteiger partial charge in [0, 0.05) is 12.1 Å². The van der Waals surface area contributed by atoms with Crippen LogP contribution in [0.25, 0.3) is 11.1 Å². The van der Waals surface area contributed by atoms with Crippen LogP contribution in [-0.2, 0) is 0 Å². The minimum absolute atomic E-state index is 0.118. The highest BCUT2D eigenvalue weighted by molar-refractivity contribution is 5.73. The summed E-state index contributed by atoms with van der Waals surface area (Å²) in [6.07, 6.45) is 2.24. The Morgan fingerprint density at radius 3 is 3.06 bits per heavy atom. The Morgan fingerprint density at radius 1 is 1.41 bits per heavy atom. The van der Waals surface area contributed by atoms with Crippen molar-refractivity contribution in [3.05, 3.63) is 24.0 Å². The summed E-state index contributed by atoms with van der Waals surface area (Å²) in [6, 6.07) is 5.52. The number of rotatable bonds is 2. The fraction of sp³-hybridized carbons (Fsp3) is 0.462. The molecule has 0 spiro atoms. The van der Waals surface area contributed by atoms with Gasteiger partial charge < -0.3 is 14.3 Å². The first-order chi connectivity index (χ1) is 8.22. The molecule has 17 heavy (non-hydrogen) atoms. The molecule has 0 aromatic carbocycles. The van der Waals surface area contributed by atoms with E-state index in [1.54, 1.807) is 6.07 Å². The molecule has 3 rings (SSSR count). The summed E-state index contributed by atoms with van der Waals surface area (Å²) in [6.45, 7) is 1.89. The largest absolute Gasteiger partial charge is 0.472 e. The molecule has 2 heterocycles. The molecule has 0 radical (unpaired) electrons. The highest BCUT2D eigenvalue weighted by Gasteiger charge is 2.27. The van der Waals surface area contributed by atoms with Crippen LogP contribution >= 0.6 is 0 Å². The molecule has 4 nitrogen and oxygen atoms in total. The molecule has 2 aromatic heterocycles. The maximum absolute atomic E-state index is 9.70. The molecule has 0 amide bonds. The highest BCUT2D eigenvalue weighted by Crippen LogP contribution is 2.25. The molecule has 1 aliphatic carbocycles. The number of pyridine rings is 1. The van der Waals surface area contributed by atoms with Gasteiger partial charge in [-0.15, -0.1) is 0 Å². The number of furan rings is 1. The lowest BCUT2D eigenvalue weighted by atomic mass is 10.2. The van der Waals surface area contributed by atoms with Crippen molar-refractivity contribution < 1.29 is 14.3 Å². The van der Waals surface area contributed by atoms with E-state index < -0.39 is 0 Å². The van der Waals surface area contributed by atoms with Gasteiger partial charge >= 0.3 is 0 Å². The number of ether oxygens (including phenoxy) is 1. The second-order valence-electron chi connectivity index (χ2n) is 4.54. The van der Waals surface area contributed by atoms with Crippen molar-refractivity contribution in [2.75, 3.05) is 0 Å². The van der Waals surface area contributed by atoms with Crippen molar-refractivity contribution in [2.24, 2.45) is 0 Å². The number of fused-ring (bicyclic) bond motifs is 1. The first kappa shape index (κ1) is 10.6. The van der Waals surface area contributed by atoms with Gasteiger partial charge in [0.1, 0.15) is 17.4 Å². The minimum atomic E-state index is -0.362. The number of aliphatic hydroxyl groups excluding tert-OH is 1. The smallest absolute Gasteiger partial charge is 0.214 e. The molecule has 1 aliphatic rings. The zero-order valence-corrected chi connectivity index (χ0v) is 9.72. The van der Waals surface area contributed by atoms with E-state index in [0.29, 0.717) is 5.88 Å². The van der Waals surface area contributed by atoms with Gasteiger partial charge in [-0.25, -0.2) is 4.98 Å². The highest BCUT2D eigenvalue weighted by atomic mass is 16.5. The standard InChI is InChI=1S/C13H15NO3/c1-8-7-9-11(16-8)5-6-13(14-9)17-12-4-2-3-10(12)15/h5-7,10,12,15H,2-4H2,1H3. The normalized spacial score (nSPS) is 24.4. The summed E-state index contributed by atoms with van der Waals surface area (Å²) in [5, 5.41) is 9.70. The van der Waals surface area contributed by atoms with Crippen LogP contribution in [0.5, 0.6) is 5.88 Å². The van der Waals surface area contributed by atoms with E-state index >= 15 is 0 Å². The van der Waals surface area contributed by atoms with Crippen LogP contribution in [0.2, 0.25) is 0 Å². The molecule has 0 aliphatic heterocycles. The quantitative estimate of drug-likeness (QED) is 0.865. The zero-order chi connectivity index (χ0) is 11.8. The summed E-state index contributed by atoms with van der Waals surface area (Å²) in [7, 11) is 0. The zero-order valence-electron chi connectivity index (χ0n) is 9.72. The van der Waals surface area contributed by atoms with Crippen molar-refractivity contribution in [2.45, 2.75) is 38.4 Å². The Balaban J connectivity index is 1.85. The predicted octanol–water partition coefficient (Wildman–Crippen LogP) is 2.43. The second-order valence-corrected chi connectivity index (χ2v) is 4.54. The molecular weight excluding hydrogens is 218 g/mol. The van der Waals surface area contributed by atoms with Crippen molar-refractivity contribution in [1.29, 1.82) is 0 Å². The van der Waals surface area contributed by atoms with Crippen LogP contribution in [0.3, 0.4) is 0 Å². The lowest BCUT2D eigenvalue weighted by Crippen LogP contribution is -2.25. The third-order valence-corrected chi connectivity index (χ3v) is 3.16. The van der Waals surface area contributed by atoms with Gasteiger partial charge in [-0.1, -0.05) is 0 Å². The summed E-state index contributed by atoms with van der Waals surface area (Å²) in [5.74, 6) is 1.40. The number of aromatic nitrogens is 1. The second kappa shape index (κ2) is 4.04. The Bertz CT molecular complexity index is 534. The predicted molar refractivity (Wildman–Crippen MR) is 63.0 cm³/mol. The third-order valence-electron chi connectivity index (χ3n) is 3.16. The number of nitrogens with zero attached hydrogens (tertiary/aromatic N) is 1. The van der Waals surface area contributed by atoms with Gasteiger partial charge in [0.25, 0.3) is 0 Å². The first-order valence-corrected chi connectivity index (χ1v) is 5.94. The molecule has 1 saturated carbocycles. The lowest BCUT2D eigenvalue weighted by molar-refractivity contribution is 0.0576. The summed E-state index contributed by atoms with van der Waals surface area (Å²) >= 11 is 0. The van der Waals surface area contributed by atoms with E-state index in [0.717, 1.165) is 36.1 Å². The van der Waals surface area contributed by atoms with Crippen LogP contribution < -0.4 is 4.74 Å². The van der Waals surface area contributed by atoms with E-state index in [1.807, 2.05) is 19.1 Å². The monoisotopic (exact) mass is 233 g/mol. The SMILES string of the molecule is Cc1cc2nc(OC3CCCC3O)ccc2o1. The number of hydrogen-bond acceptors (Lipinski definition) is 4. The molecule has 2 atom stereocenters. The van der Waals surface area contributed by atoms with E-state index in [1.165, 1.54) is 0 Å². The lowest BCUT2D eigenvalue weighted by Gasteiger charge is -2.15. The van der Waals surface area contributed by atoms with Crippen LogP contribution in [-0.4, -0.2) is 22.3 Å². The van der Waals surface area contributed by atoms with Crippen molar-refractivity contribution >= 4 is 11.1 Å². The average Bonchev–Trinajstić information content (AvgIpc) is 2.84. The van der Waals surface area contributed by atoms with Crippen LogP contribution in [0, 0.1) is 6.92 Å². The van der Waals surface area contributed by atoms with Crippen molar-refractivity contribution in [3.63, 3.8) is 0 Å². The Kier molecular flexibility index (Phi) is 2.52. The van der Waals surface area contributed by atoms with Gasteiger partial charge in [0.05, 0.1) is 6.10 Å². The topological polar surface area (TPSA) is 55.5 Å². The summed E-state index contributed by atoms with van der Waals surface area (Å²) in [4.78, 5) is 4.37. The van der Waals surface area contributed by atoms with Crippen LogP contribution in [0.4, 0.5) is 0 Å².